The SMILES string of the molecule is O=S(=O)(c1ccc(C(F)(F)F)nc1)N1CCN2CCCCC2C1. The summed E-state index contributed by atoms with van der Waals surface area (Å²) in [6.07, 6.45) is -0.609. The van der Waals surface area contributed by atoms with Gasteiger partial charge in [-0.2, -0.15) is 17.5 Å². The number of piperidine rings is 1. The molecular formula is C14H18F3N3O2S. The summed E-state index contributed by atoms with van der Waals surface area (Å²) < 4.78 is 64.2. The number of fused-ring (bicyclic) bond motifs is 1. The van der Waals surface area contributed by atoms with Crippen LogP contribution in [-0.2, 0) is 16.2 Å². The van der Waals surface area contributed by atoms with Crippen LogP contribution in [0.3, 0.4) is 0 Å². The number of sulfonamides is 1. The first kappa shape index (κ1) is 16.7. The first-order chi connectivity index (χ1) is 10.8. The van der Waals surface area contributed by atoms with Crippen LogP contribution in [0.2, 0.25) is 0 Å². The first-order valence-electron chi connectivity index (χ1n) is 7.56. The highest BCUT2D eigenvalue weighted by Gasteiger charge is 2.36. The van der Waals surface area contributed by atoms with Crippen molar-refractivity contribution in [1.82, 2.24) is 14.2 Å². The number of halogens is 3. The van der Waals surface area contributed by atoms with Crippen LogP contribution in [0.5, 0.6) is 0 Å². The molecule has 1 aromatic rings. The van der Waals surface area contributed by atoms with E-state index >= 15 is 0 Å². The molecule has 0 amide bonds. The molecule has 1 unspecified atom stereocenters. The third-order valence-electron chi connectivity index (χ3n) is 4.46. The highest BCUT2D eigenvalue weighted by molar-refractivity contribution is 7.89. The minimum Gasteiger partial charge on any atom is -0.298 e. The van der Waals surface area contributed by atoms with E-state index < -0.39 is 21.9 Å². The van der Waals surface area contributed by atoms with Crippen LogP contribution in [0.4, 0.5) is 13.2 Å². The molecule has 3 heterocycles. The topological polar surface area (TPSA) is 53.5 Å². The standard InChI is InChI=1S/C14H18F3N3O2S/c15-14(16,17)13-5-4-12(9-18-13)23(21,22)20-8-7-19-6-2-1-3-11(19)10-20/h4-5,9,11H,1-3,6-8,10H2. The number of pyridine rings is 1. The third kappa shape index (κ3) is 3.36. The predicted molar refractivity (Wildman–Crippen MR) is 77.2 cm³/mol. The van der Waals surface area contributed by atoms with Crippen molar-refractivity contribution in [2.24, 2.45) is 0 Å². The van der Waals surface area contributed by atoms with Crippen molar-refractivity contribution in [2.45, 2.75) is 36.4 Å². The van der Waals surface area contributed by atoms with Crippen molar-refractivity contribution >= 4 is 10.0 Å². The van der Waals surface area contributed by atoms with Crippen LogP contribution in [0.15, 0.2) is 23.2 Å². The Morgan fingerprint density at radius 1 is 1.13 bits per heavy atom. The molecule has 0 N–H and O–H groups in total. The second-order valence-corrected chi connectivity index (χ2v) is 7.86. The van der Waals surface area contributed by atoms with E-state index in [-0.39, 0.29) is 10.9 Å². The molecule has 0 aromatic carbocycles. The summed E-state index contributed by atoms with van der Waals surface area (Å²) >= 11 is 0. The van der Waals surface area contributed by atoms with Gasteiger partial charge < -0.3 is 0 Å². The number of hydrogen-bond acceptors (Lipinski definition) is 4. The Labute approximate surface area is 133 Å². The number of aromatic nitrogens is 1. The van der Waals surface area contributed by atoms with Crippen molar-refractivity contribution in [3.63, 3.8) is 0 Å². The highest BCUT2D eigenvalue weighted by atomic mass is 32.2. The Bertz CT molecular complexity index is 661. The van der Waals surface area contributed by atoms with Gasteiger partial charge in [0.25, 0.3) is 0 Å². The van der Waals surface area contributed by atoms with Gasteiger partial charge in [-0.15, -0.1) is 0 Å². The molecular weight excluding hydrogens is 331 g/mol. The van der Waals surface area contributed by atoms with Gasteiger partial charge >= 0.3 is 6.18 Å². The van der Waals surface area contributed by atoms with E-state index in [1.54, 1.807) is 0 Å². The van der Waals surface area contributed by atoms with Crippen molar-refractivity contribution < 1.29 is 21.6 Å². The molecule has 2 fully saturated rings. The van der Waals surface area contributed by atoms with Crippen LogP contribution >= 0.6 is 0 Å². The molecule has 3 rings (SSSR count). The average Bonchev–Trinajstić information content (AvgIpc) is 2.53. The van der Waals surface area contributed by atoms with Crippen LogP contribution < -0.4 is 0 Å². The van der Waals surface area contributed by atoms with Crippen molar-refractivity contribution in [1.29, 1.82) is 0 Å². The molecule has 0 spiro atoms. The summed E-state index contributed by atoms with van der Waals surface area (Å²) in [6.45, 7) is 2.40. The minimum absolute atomic E-state index is 0.185. The number of nitrogens with zero attached hydrogens (tertiary/aromatic N) is 3. The quantitative estimate of drug-likeness (QED) is 0.819. The minimum atomic E-state index is -4.57. The fraction of sp³-hybridized carbons (Fsp3) is 0.643. The molecule has 0 bridgehead atoms. The van der Waals surface area contributed by atoms with Gasteiger partial charge in [-0.3, -0.25) is 9.88 Å². The second-order valence-electron chi connectivity index (χ2n) is 5.93. The van der Waals surface area contributed by atoms with E-state index in [4.69, 9.17) is 0 Å². The van der Waals surface area contributed by atoms with Gasteiger partial charge in [0.1, 0.15) is 10.6 Å². The molecule has 0 aliphatic carbocycles. The lowest BCUT2D eigenvalue weighted by molar-refractivity contribution is -0.141. The molecule has 9 heteroatoms. The summed E-state index contributed by atoms with van der Waals surface area (Å²) in [6, 6.07) is 1.90. The zero-order chi connectivity index (χ0) is 16.7. The van der Waals surface area contributed by atoms with Gasteiger partial charge in [-0.25, -0.2) is 8.42 Å². The molecule has 1 atom stereocenters. The molecule has 0 saturated carbocycles. The van der Waals surface area contributed by atoms with E-state index in [9.17, 15) is 21.6 Å². The zero-order valence-electron chi connectivity index (χ0n) is 12.5. The lowest BCUT2D eigenvalue weighted by Gasteiger charge is -2.43. The summed E-state index contributed by atoms with van der Waals surface area (Å²) in [5, 5.41) is 0. The Balaban J connectivity index is 1.78. The Kier molecular flexibility index (Phi) is 4.37. The monoisotopic (exact) mass is 349 g/mol. The molecule has 2 saturated heterocycles. The fourth-order valence-electron chi connectivity index (χ4n) is 3.20. The maximum absolute atomic E-state index is 12.6. The second kappa shape index (κ2) is 6.03. The van der Waals surface area contributed by atoms with Crippen molar-refractivity contribution in [3.05, 3.63) is 24.0 Å². The Hall–Kier alpha value is -1.19. The molecule has 5 nitrogen and oxygen atoms in total. The predicted octanol–water partition coefficient (Wildman–Crippen LogP) is 1.96. The average molecular weight is 349 g/mol. The maximum atomic E-state index is 12.6. The molecule has 2 aliphatic heterocycles. The third-order valence-corrected chi connectivity index (χ3v) is 6.31. The lowest BCUT2D eigenvalue weighted by Crippen LogP contribution is -2.56. The summed E-state index contributed by atoms with van der Waals surface area (Å²) in [4.78, 5) is 5.36. The molecule has 0 radical (unpaired) electrons. The maximum Gasteiger partial charge on any atom is 0.433 e. The smallest absolute Gasteiger partial charge is 0.298 e. The van der Waals surface area contributed by atoms with Gasteiger partial charge in [0.2, 0.25) is 10.0 Å². The van der Waals surface area contributed by atoms with E-state index in [1.807, 2.05) is 0 Å². The molecule has 128 valence electrons. The van der Waals surface area contributed by atoms with Gasteiger partial charge in [0, 0.05) is 31.9 Å². The first-order valence-corrected chi connectivity index (χ1v) is 9.00. The Morgan fingerprint density at radius 2 is 1.91 bits per heavy atom. The van der Waals surface area contributed by atoms with Crippen LogP contribution in [0, 0.1) is 0 Å². The van der Waals surface area contributed by atoms with Gasteiger partial charge in [-0.1, -0.05) is 6.42 Å². The van der Waals surface area contributed by atoms with Crippen LogP contribution in [-0.4, -0.2) is 54.8 Å². The van der Waals surface area contributed by atoms with Crippen LogP contribution in [0.1, 0.15) is 25.0 Å². The number of rotatable bonds is 2. The molecule has 23 heavy (non-hydrogen) atoms. The van der Waals surface area contributed by atoms with E-state index in [0.717, 1.165) is 38.1 Å². The van der Waals surface area contributed by atoms with Crippen LogP contribution in [0.25, 0.3) is 0 Å². The van der Waals surface area contributed by atoms with Crippen molar-refractivity contribution in [3.8, 4) is 0 Å². The van der Waals surface area contributed by atoms with Gasteiger partial charge in [-0.05, 0) is 31.5 Å². The van der Waals surface area contributed by atoms with Gasteiger partial charge in [0.15, 0.2) is 0 Å². The number of piperazine rings is 1. The Morgan fingerprint density at radius 3 is 2.57 bits per heavy atom. The zero-order valence-corrected chi connectivity index (χ0v) is 13.3. The van der Waals surface area contributed by atoms with E-state index in [2.05, 4.69) is 9.88 Å². The summed E-state index contributed by atoms with van der Waals surface area (Å²) in [5.41, 5.74) is -1.09. The summed E-state index contributed by atoms with van der Waals surface area (Å²) in [7, 11) is -3.80. The van der Waals surface area contributed by atoms with E-state index in [0.29, 0.717) is 25.7 Å². The highest BCUT2D eigenvalue weighted by Crippen LogP contribution is 2.29. The molecule has 1 aromatic heterocycles. The number of alkyl halides is 3. The van der Waals surface area contributed by atoms with Gasteiger partial charge in [0.05, 0.1) is 0 Å². The fourth-order valence-corrected chi connectivity index (χ4v) is 4.61. The normalized spacial score (nSPS) is 24.4. The summed E-state index contributed by atoms with van der Waals surface area (Å²) in [5.74, 6) is 0. The largest absolute Gasteiger partial charge is 0.433 e. The van der Waals surface area contributed by atoms with E-state index in [1.165, 1.54) is 4.31 Å². The molecule has 2 aliphatic rings. The van der Waals surface area contributed by atoms with Crippen molar-refractivity contribution in [2.75, 3.05) is 26.2 Å². The number of hydrogen-bond donors (Lipinski definition) is 0. The lowest BCUT2D eigenvalue weighted by atomic mass is 10.0.